The number of hydrogen-bond donors (Lipinski definition) is 0. The van der Waals surface area contributed by atoms with Crippen molar-refractivity contribution in [3.05, 3.63) is 82.2 Å². The summed E-state index contributed by atoms with van der Waals surface area (Å²) in [6.45, 7) is 1.92. The number of nitro benzene ring substituents is 1. The lowest BCUT2D eigenvalue weighted by atomic mass is 10.1. The number of carbonyl (C=O) groups excluding carboxylic acids is 1. The normalized spacial score (nSPS) is 13.9. The standard InChI is InChI=1S/C21H18FN5O3/c22-16-7-5-15(6-8-16)18-9-10-20(24-23-18)25-11-13-26(14-12-25)21(28)17-3-1-2-4-19(17)27(29)30/h1-10H,11-14H2. The maximum absolute atomic E-state index is 13.1. The Bertz CT molecular complexity index is 1060. The van der Waals surface area contributed by atoms with Gasteiger partial charge in [0.25, 0.3) is 11.6 Å². The van der Waals surface area contributed by atoms with Crippen molar-refractivity contribution in [2.45, 2.75) is 0 Å². The van der Waals surface area contributed by atoms with Gasteiger partial charge in [0.05, 0.1) is 10.6 Å². The van der Waals surface area contributed by atoms with Gasteiger partial charge in [-0.25, -0.2) is 4.39 Å². The van der Waals surface area contributed by atoms with E-state index < -0.39 is 4.92 Å². The maximum atomic E-state index is 13.1. The van der Waals surface area contributed by atoms with Crippen molar-refractivity contribution in [1.29, 1.82) is 0 Å². The molecule has 0 spiro atoms. The Morgan fingerprint density at radius 2 is 1.63 bits per heavy atom. The summed E-state index contributed by atoms with van der Waals surface area (Å²) in [5, 5.41) is 19.7. The quantitative estimate of drug-likeness (QED) is 0.487. The van der Waals surface area contributed by atoms with E-state index in [1.807, 2.05) is 17.0 Å². The fourth-order valence-electron chi connectivity index (χ4n) is 3.39. The molecule has 30 heavy (non-hydrogen) atoms. The summed E-state index contributed by atoms with van der Waals surface area (Å²) in [6, 6.07) is 15.7. The zero-order chi connectivity index (χ0) is 21.1. The van der Waals surface area contributed by atoms with Crippen molar-refractivity contribution in [2.75, 3.05) is 31.1 Å². The molecule has 0 aliphatic carbocycles. The first-order chi connectivity index (χ1) is 14.5. The third-order valence-electron chi connectivity index (χ3n) is 5.01. The van der Waals surface area contributed by atoms with E-state index >= 15 is 0 Å². The molecule has 0 unspecified atom stereocenters. The van der Waals surface area contributed by atoms with Crippen molar-refractivity contribution >= 4 is 17.4 Å². The third kappa shape index (κ3) is 3.95. The van der Waals surface area contributed by atoms with Crippen LogP contribution in [0.2, 0.25) is 0 Å². The number of anilines is 1. The number of carbonyl (C=O) groups is 1. The first-order valence-corrected chi connectivity index (χ1v) is 9.40. The number of nitrogens with zero attached hydrogens (tertiary/aromatic N) is 5. The Morgan fingerprint density at radius 1 is 0.933 bits per heavy atom. The average Bonchev–Trinajstić information content (AvgIpc) is 2.79. The van der Waals surface area contributed by atoms with Crippen LogP contribution < -0.4 is 4.90 Å². The van der Waals surface area contributed by atoms with E-state index in [-0.39, 0.29) is 23.0 Å². The Hall–Kier alpha value is -3.88. The minimum atomic E-state index is -0.540. The zero-order valence-corrected chi connectivity index (χ0v) is 15.9. The number of para-hydroxylation sites is 1. The molecule has 0 atom stereocenters. The highest BCUT2D eigenvalue weighted by atomic mass is 19.1. The first kappa shape index (κ1) is 19.4. The van der Waals surface area contributed by atoms with Gasteiger partial charge in [0.15, 0.2) is 5.82 Å². The molecule has 3 aromatic rings. The van der Waals surface area contributed by atoms with Crippen LogP contribution in [0, 0.1) is 15.9 Å². The minimum absolute atomic E-state index is 0.0967. The fraction of sp³-hybridized carbons (Fsp3) is 0.190. The van der Waals surface area contributed by atoms with Gasteiger partial charge >= 0.3 is 0 Å². The van der Waals surface area contributed by atoms with Gasteiger partial charge < -0.3 is 9.80 Å². The van der Waals surface area contributed by atoms with E-state index in [0.29, 0.717) is 37.7 Å². The minimum Gasteiger partial charge on any atom is -0.352 e. The molecule has 1 aromatic heterocycles. The lowest BCUT2D eigenvalue weighted by Gasteiger charge is -2.35. The molecule has 0 radical (unpaired) electrons. The second-order valence-electron chi connectivity index (χ2n) is 6.84. The number of piperazine rings is 1. The van der Waals surface area contributed by atoms with Crippen molar-refractivity contribution < 1.29 is 14.1 Å². The number of aromatic nitrogens is 2. The van der Waals surface area contributed by atoms with Gasteiger partial charge in [0.1, 0.15) is 11.4 Å². The van der Waals surface area contributed by atoms with Crippen LogP contribution in [0.5, 0.6) is 0 Å². The molecule has 1 aliphatic heterocycles. The molecule has 0 N–H and O–H groups in total. The lowest BCUT2D eigenvalue weighted by molar-refractivity contribution is -0.385. The second kappa shape index (κ2) is 8.24. The number of amides is 1. The molecule has 0 bridgehead atoms. The summed E-state index contributed by atoms with van der Waals surface area (Å²) >= 11 is 0. The van der Waals surface area contributed by atoms with Gasteiger partial charge in [-0.2, -0.15) is 0 Å². The molecule has 152 valence electrons. The highest BCUT2D eigenvalue weighted by molar-refractivity contribution is 5.98. The Balaban J connectivity index is 1.42. The van der Waals surface area contributed by atoms with Crippen molar-refractivity contribution in [1.82, 2.24) is 15.1 Å². The van der Waals surface area contributed by atoms with E-state index in [0.717, 1.165) is 5.56 Å². The zero-order valence-electron chi connectivity index (χ0n) is 15.9. The van der Waals surface area contributed by atoms with Gasteiger partial charge in [-0.15, -0.1) is 10.2 Å². The molecular formula is C21H18FN5O3. The highest BCUT2D eigenvalue weighted by Crippen LogP contribution is 2.22. The summed E-state index contributed by atoms with van der Waals surface area (Å²) in [6.07, 6.45) is 0. The van der Waals surface area contributed by atoms with Crippen LogP contribution in [0.25, 0.3) is 11.3 Å². The number of hydrogen-bond acceptors (Lipinski definition) is 6. The molecular weight excluding hydrogens is 389 g/mol. The van der Waals surface area contributed by atoms with Crippen molar-refractivity contribution in [3.63, 3.8) is 0 Å². The predicted octanol–water partition coefficient (Wildman–Crippen LogP) is 3.15. The summed E-state index contributed by atoms with van der Waals surface area (Å²) in [4.78, 5) is 27.0. The molecule has 2 heterocycles. The van der Waals surface area contributed by atoms with Crippen LogP contribution in [-0.4, -0.2) is 52.1 Å². The predicted molar refractivity (Wildman–Crippen MR) is 109 cm³/mol. The molecule has 2 aromatic carbocycles. The summed E-state index contributed by atoms with van der Waals surface area (Å²) < 4.78 is 13.1. The Kier molecular flexibility index (Phi) is 5.34. The Labute approximate surface area is 171 Å². The average molecular weight is 407 g/mol. The van der Waals surface area contributed by atoms with Crippen LogP contribution in [0.3, 0.4) is 0 Å². The molecule has 1 aliphatic rings. The molecule has 1 amide bonds. The highest BCUT2D eigenvalue weighted by Gasteiger charge is 2.27. The summed E-state index contributed by atoms with van der Waals surface area (Å²) in [5.74, 6) is 0.0231. The monoisotopic (exact) mass is 407 g/mol. The Morgan fingerprint density at radius 3 is 2.27 bits per heavy atom. The van der Waals surface area contributed by atoms with Gasteiger partial charge in [-0.1, -0.05) is 12.1 Å². The fourth-order valence-corrected chi connectivity index (χ4v) is 3.39. The van der Waals surface area contributed by atoms with E-state index in [1.54, 1.807) is 29.2 Å². The smallest absolute Gasteiger partial charge is 0.282 e. The third-order valence-corrected chi connectivity index (χ3v) is 5.01. The van der Waals surface area contributed by atoms with Gasteiger partial charge in [-0.05, 0) is 42.5 Å². The lowest BCUT2D eigenvalue weighted by Crippen LogP contribution is -2.49. The van der Waals surface area contributed by atoms with Crippen LogP contribution in [0.1, 0.15) is 10.4 Å². The van der Waals surface area contributed by atoms with Gasteiger partial charge in [-0.3, -0.25) is 14.9 Å². The van der Waals surface area contributed by atoms with Crippen molar-refractivity contribution in [2.24, 2.45) is 0 Å². The summed E-state index contributed by atoms with van der Waals surface area (Å²) in [5.41, 5.74) is 1.32. The number of rotatable bonds is 4. The molecule has 9 heteroatoms. The molecule has 0 saturated carbocycles. The van der Waals surface area contributed by atoms with Gasteiger partial charge in [0, 0.05) is 37.8 Å². The van der Waals surface area contributed by atoms with E-state index in [2.05, 4.69) is 10.2 Å². The van der Waals surface area contributed by atoms with Crippen molar-refractivity contribution in [3.8, 4) is 11.3 Å². The van der Waals surface area contributed by atoms with E-state index in [9.17, 15) is 19.3 Å². The number of nitro groups is 1. The van der Waals surface area contributed by atoms with Crippen LogP contribution >= 0.6 is 0 Å². The van der Waals surface area contributed by atoms with Crippen LogP contribution in [0.15, 0.2) is 60.7 Å². The maximum Gasteiger partial charge on any atom is 0.282 e. The number of benzene rings is 2. The van der Waals surface area contributed by atoms with Crippen LogP contribution in [-0.2, 0) is 0 Å². The molecule has 1 fully saturated rings. The largest absolute Gasteiger partial charge is 0.352 e. The molecule has 4 rings (SSSR count). The number of halogens is 1. The molecule has 8 nitrogen and oxygen atoms in total. The molecule has 1 saturated heterocycles. The van der Waals surface area contributed by atoms with E-state index in [1.165, 1.54) is 24.3 Å². The van der Waals surface area contributed by atoms with Crippen LogP contribution in [0.4, 0.5) is 15.9 Å². The second-order valence-corrected chi connectivity index (χ2v) is 6.84. The van der Waals surface area contributed by atoms with E-state index in [4.69, 9.17) is 0 Å². The SMILES string of the molecule is O=C(c1ccccc1[N+](=O)[O-])N1CCN(c2ccc(-c3ccc(F)cc3)nn2)CC1. The topological polar surface area (TPSA) is 92.5 Å². The van der Waals surface area contributed by atoms with Gasteiger partial charge in [0.2, 0.25) is 0 Å². The summed E-state index contributed by atoms with van der Waals surface area (Å²) in [7, 11) is 0. The first-order valence-electron chi connectivity index (χ1n) is 9.40.